The summed E-state index contributed by atoms with van der Waals surface area (Å²) in [5, 5.41) is 9.46. The Bertz CT molecular complexity index is 873. The van der Waals surface area contributed by atoms with E-state index in [0.29, 0.717) is 24.4 Å². The molecule has 1 amide bonds. The summed E-state index contributed by atoms with van der Waals surface area (Å²) in [5.74, 6) is 0.552. The van der Waals surface area contributed by atoms with Crippen molar-refractivity contribution in [3.8, 4) is 22.9 Å². The fourth-order valence-electron chi connectivity index (χ4n) is 2.97. The molecule has 5 nitrogen and oxygen atoms in total. The number of nitriles is 1. The highest BCUT2D eigenvalue weighted by Crippen LogP contribution is 2.32. The number of amides is 1. The highest BCUT2D eigenvalue weighted by molar-refractivity contribution is 5.71. The molecule has 0 N–H and O–H groups in total. The van der Waals surface area contributed by atoms with Crippen LogP contribution in [0, 0.1) is 18.3 Å². The molecule has 27 heavy (non-hydrogen) atoms. The highest BCUT2D eigenvalue weighted by Gasteiger charge is 2.35. The van der Waals surface area contributed by atoms with Gasteiger partial charge >= 0.3 is 6.09 Å². The Balaban J connectivity index is 1.73. The number of rotatable bonds is 3. The molecule has 1 aliphatic rings. The molecular formula is C22H24N2O3. The first-order chi connectivity index (χ1) is 12.8. The molecule has 2 aromatic carbocycles. The number of benzene rings is 2. The molecule has 1 heterocycles. The smallest absolute Gasteiger partial charge is 0.410 e. The van der Waals surface area contributed by atoms with E-state index in [2.05, 4.69) is 6.07 Å². The van der Waals surface area contributed by atoms with Gasteiger partial charge in [-0.2, -0.15) is 5.26 Å². The van der Waals surface area contributed by atoms with Gasteiger partial charge in [-0.3, -0.25) is 0 Å². The Kier molecular flexibility index (Phi) is 5.09. The molecule has 0 spiro atoms. The lowest BCUT2D eigenvalue weighted by molar-refractivity contribution is -0.0221. The van der Waals surface area contributed by atoms with Crippen molar-refractivity contribution in [2.75, 3.05) is 13.1 Å². The minimum absolute atomic E-state index is 0.143. The van der Waals surface area contributed by atoms with E-state index in [4.69, 9.17) is 9.47 Å². The van der Waals surface area contributed by atoms with Gasteiger partial charge in [-0.1, -0.05) is 30.3 Å². The Labute approximate surface area is 160 Å². The van der Waals surface area contributed by atoms with Crippen LogP contribution in [0.3, 0.4) is 0 Å². The van der Waals surface area contributed by atoms with Gasteiger partial charge in [0.15, 0.2) is 0 Å². The molecule has 0 aliphatic carbocycles. The second-order valence-electron chi connectivity index (χ2n) is 7.77. The average Bonchev–Trinajstić information content (AvgIpc) is 2.57. The van der Waals surface area contributed by atoms with Crippen molar-refractivity contribution in [3.63, 3.8) is 0 Å². The largest absolute Gasteiger partial charge is 0.485 e. The molecule has 1 aliphatic heterocycles. The normalized spacial score (nSPS) is 14.3. The van der Waals surface area contributed by atoms with Crippen molar-refractivity contribution >= 4 is 6.09 Å². The van der Waals surface area contributed by atoms with Gasteiger partial charge < -0.3 is 14.4 Å². The first-order valence-corrected chi connectivity index (χ1v) is 9.01. The second-order valence-corrected chi connectivity index (χ2v) is 7.77. The maximum atomic E-state index is 12.0. The van der Waals surface area contributed by atoms with Gasteiger partial charge in [0.05, 0.1) is 18.7 Å². The Hall–Kier alpha value is -3.00. The topological polar surface area (TPSA) is 62.6 Å². The number of likely N-dealkylation sites (tertiary alicyclic amines) is 1. The van der Waals surface area contributed by atoms with Crippen molar-refractivity contribution in [1.29, 1.82) is 5.26 Å². The standard InChI is InChI=1S/C22H24N2O3/c1-15-10-17(12-23)20(11-19(15)16-8-6-5-7-9-16)26-18-13-24(14-18)21(25)27-22(2,3)4/h5-11,18H,13-14H2,1-4H3. The zero-order valence-corrected chi connectivity index (χ0v) is 16.2. The van der Waals surface area contributed by atoms with E-state index in [1.807, 2.05) is 70.2 Å². The van der Waals surface area contributed by atoms with Crippen LogP contribution in [0.25, 0.3) is 11.1 Å². The molecule has 0 atom stereocenters. The van der Waals surface area contributed by atoms with Crippen LogP contribution in [0.2, 0.25) is 0 Å². The molecule has 0 unspecified atom stereocenters. The van der Waals surface area contributed by atoms with Gasteiger partial charge in [0.1, 0.15) is 23.5 Å². The highest BCUT2D eigenvalue weighted by atomic mass is 16.6. The molecule has 0 bridgehead atoms. The van der Waals surface area contributed by atoms with Crippen molar-refractivity contribution in [1.82, 2.24) is 4.90 Å². The molecule has 3 rings (SSSR count). The van der Waals surface area contributed by atoms with E-state index in [0.717, 1.165) is 16.7 Å². The monoisotopic (exact) mass is 364 g/mol. The molecule has 2 aromatic rings. The maximum absolute atomic E-state index is 12.0. The van der Waals surface area contributed by atoms with Crippen LogP contribution in [-0.2, 0) is 4.74 Å². The summed E-state index contributed by atoms with van der Waals surface area (Å²) < 4.78 is 11.4. The fourth-order valence-corrected chi connectivity index (χ4v) is 2.97. The van der Waals surface area contributed by atoms with Gasteiger partial charge in [-0.25, -0.2) is 4.79 Å². The minimum Gasteiger partial charge on any atom is -0.485 e. The van der Waals surface area contributed by atoms with E-state index in [-0.39, 0.29) is 12.2 Å². The summed E-state index contributed by atoms with van der Waals surface area (Å²) in [6, 6.07) is 16.0. The maximum Gasteiger partial charge on any atom is 0.410 e. The number of hydrogen-bond acceptors (Lipinski definition) is 4. The summed E-state index contributed by atoms with van der Waals surface area (Å²) in [4.78, 5) is 13.6. The third kappa shape index (κ3) is 4.40. The molecule has 1 fully saturated rings. The van der Waals surface area contributed by atoms with Gasteiger partial charge in [-0.15, -0.1) is 0 Å². The first kappa shape index (κ1) is 18.8. The summed E-state index contributed by atoms with van der Waals surface area (Å²) >= 11 is 0. The molecule has 0 aromatic heterocycles. The van der Waals surface area contributed by atoms with Crippen molar-refractivity contribution in [2.24, 2.45) is 0 Å². The Morgan fingerprint density at radius 3 is 2.44 bits per heavy atom. The quantitative estimate of drug-likeness (QED) is 0.803. The molecule has 0 saturated carbocycles. The Morgan fingerprint density at radius 2 is 1.85 bits per heavy atom. The number of ether oxygens (including phenoxy) is 2. The van der Waals surface area contributed by atoms with Crippen LogP contribution >= 0.6 is 0 Å². The minimum atomic E-state index is -0.515. The van der Waals surface area contributed by atoms with Crippen LogP contribution in [0.1, 0.15) is 31.9 Å². The van der Waals surface area contributed by atoms with E-state index in [1.165, 1.54) is 0 Å². The van der Waals surface area contributed by atoms with Gasteiger partial charge in [-0.05, 0) is 56.5 Å². The SMILES string of the molecule is Cc1cc(C#N)c(OC2CN(C(=O)OC(C)(C)C)C2)cc1-c1ccccc1. The zero-order valence-electron chi connectivity index (χ0n) is 16.2. The lowest BCUT2D eigenvalue weighted by atomic mass is 9.98. The predicted octanol–water partition coefficient (Wildman–Crippen LogP) is 4.53. The zero-order chi connectivity index (χ0) is 19.6. The average molecular weight is 364 g/mol. The molecular weight excluding hydrogens is 340 g/mol. The van der Waals surface area contributed by atoms with E-state index in [1.54, 1.807) is 4.90 Å². The fraction of sp³-hybridized carbons (Fsp3) is 0.364. The van der Waals surface area contributed by atoms with Crippen LogP contribution < -0.4 is 4.74 Å². The summed E-state index contributed by atoms with van der Waals surface area (Å²) in [7, 11) is 0. The van der Waals surface area contributed by atoms with Crippen molar-refractivity contribution < 1.29 is 14.3 Å². The van der Waals surface area contributed by atoms with Crippen LogP contribution in [0.4, 0.5) is 4.79 Å². The Morgan fingerprint density at radius 1 is 1.19 bits per heavy atom. The van der Waals surface area contributed by atoms with Crippen LogP contribution in [0.15, 0.2) is 42.5 Å². The molecule has 5 heteroatoms. The summed E-state index contributed by atoms with van der Waals surface area (Å²) in [6.07, 6.45) is -0.479. The number of nitrogens with zero attached hydrogens (tertiary/aromatic N) is 2. The van der Waals surface area contributed by atoms with Gasteiger partial charge in [0.2, 0.25) is 0 Å². The van der Waals surface area contributed by atoms with E-state index in [9.17, 15) is 10.1 Å². The molecule has 1 saturated heterocycles. The summed E-state index contributed by atoms with van der Waals surface area (Å²) in [6.45, 7) is 8.42. The van der Waals surface area contributed by atoms with Crippen LogP contribution in [-0.4, -0.2) is 35.8 Å². The number of carbonyl (C=O) groups is 1. The predicted molar refractivity (Wildman–Crippen MR) is 104 cm³/mol. The third-order valence-corrected chi connectivity index (χ3v) is 4.33. The van der Waals surface area contributed by atoms with Gasteiger partial charge in [0.25, 0.3) is 0 Å². The third-order valence-electron chi connectivity index (χ3n) is 4.33. The molecule has 0 radical (unpaired) electrons. The second kappa shape index (κ2) is 7.32. The first-order valence-electron chi connectivity index (χ1n) is 9.01. The lowest BCUT2D eigenvalue weighted by Crippen LogP contribution is -2.57. The van der Waals surface area contributed by atoms with Gasteiger partial charge in [0, 0.05) is 0 Å². The van der Waals surface area contributed by atoms with E-state index >= 15 is 0 Å². The molecule has 140 valence electrons. The lowest BCUT2D eigenvalue weighted by Gasteiger charge is -2.39. The van der Waals surface area contributed by atoms with Crippen LogP contribution in [0.5, 0.6) is 5.75 Å². The number of carbonyl (C=O) groups excluding carboxylic acids is 1. The summed E-state index contributed by atoms with van der Waals surface area (Å²) in [5.41, 5.74) is 3.12. The van der Waals surface area contributed by atoms with E-state index < -0.39 is 5.60 Å². The van der Waals surface area contributed by atoms with Crippen molar-refractivity contribution in [3.05, 3.63) is 53.6 Å². The number of aryl methyl sites for hydroxylation is 1. The van der Waals surface area contributed by atoms with Crippen molar-refractivity contribution in [2.45, 2.75) is 39.4 Å². The number of hydrogen-bond donors (Lipinski definition) is 0.